The van der Waals surface area contributed by atoms with Crippen molar-refractivity contribution in [2.75, 3.05) is 6.54 Å². The van der Waals surface area contributed by atoms with Gasteiger partial charge in [0, 0.05) is 11.1 Å². The largest absolute Gasteiger partial charge is 0.402 e. The van der Waals surface area contributed by atoms with Crippen molar-refractivity contribution in [3.8, 4) is 0 Å². The zero-order valence-electron chi connectivity index (χ0n) is 12.2. The van der Waals surface area contributed by atoms with Crippen LogP contribution < -0.4 is 0 Å². The molecule has 1 rings (SSSR count). The van der Waals surface area contributed by atoms with E-state index in [1.54, 1.807) is 18.3 Å². The van der Waals surface area contributed by atoms with Gasteiger partial charge in [-0.05, 0) is 30.3 Å². The van der Waals surface area contributed by atoms with Crippen molar-refractivity contribution in [3.63, 3.8) is 0 Å². The van der Waals surface area contributed by atoms with E-state index in [-0.39, 0.29) is 16.5 Å². The van der Waals surface area contributed by atoms with Crippen LogP contribution in [-0.4, -0.2) is 24.8 Å². The van der Waals surface area contributed by atoms with Gasteiger partial charge in [0.1, 0.15) is 0 Å². The van der Waals surface area contributed by atoms with Gasteiger partial charge in [-0.1, -0.05) is 26.8 Å². The summed E-state index contributed by atoms with van der Waals surface area (Å²) in [6, 6.07) is 5.39. The summed E-state index contributed by atoms with van der Waals surface area (Å²) in [4.78, 5) is 14.7. The van der Waals surface area contributed by atoms with Gasteiger partial charge in [-0.2, -0.15) is 0 Å². The molecule has 0 radical (unpaired) electrons. The van der Waals surface area contributed by atoms with Crippen LogP contribution in [0.5, 0.6) is 0 Å². The summed E-state index contributed by atoms with van der Waals surface area (Å²) in [5, 5.41) is 10.8. The molecule has 0 aliphatic heterocycles. The molecule has 0 spiro atoms. The Bertz CT molecular complexity index is 429. The number of nitrogens with zero attached hydrogens (tertiary/aromatic N) is 2. The molecule has 0 unspecified atom stereocenters. The second-order valence-electron chi connectivity index (χ2n) is 6.14. The second kappa shape index (κ2) is 5.79. The molecule has 0 aliphatic rings. The third-order valence-corrected chi connectivity index (χ3v) is 8.06. The summed E-state index contributed by atoms with van der Waals surface area (Å²) in [5.74, 6) is 0. The minimum absolute atomic E-state index is 0.0105. The topological polar surface area (TPSA) is 65.3 Å². The third-order valence-electron chi connectivity index (χ3n) is 3.58. The normalized spacial score (nSPS) is 14.2. The molecular formula is C13H22N2O3Si. The molecule has 0 fully saturated rings. The fraction of sp³-hybridized carbons (Fsp3) is 0.615. The summed E-state index contributed by atoms with van der Waals surface area (Å²) in [5.41, 5.74) is 0.629. The van der Waals surface area contributed by atoms with Crippen LogP contribution in [0.1, 0.15) is 32.6 Å². The first-order valence-electron chi connectivity index (χ1n) is 6.34. The van der Waals surface area contributed by atoms with E-state index in [0.29, 0.717) is 5.69 Å². The molecule has 1 aromatic rings. The third kappa shape index (κ3) is 4.40. The highest BCUT2D eigenvalue weighted by Crippen LogP contribution is 2.39. The number of hydrogen-bond acceptors (Lipinski definition) is 4. The van der Waals surface area contributed by atoms with E-state index in [1.807, 2.05) is 6.07 Å². The quantitative estimate of drug-likeness (QED) is 0.471. The molecule has 106 valence electrons. The SMILES string of the molecule is CC(C)(C)[Si](C)(C)O[C@H](C[N+](=O)[O-])c1ccccn1. The molecule has 1 aromatic heterocycles. The van der Waals surface area contributed by atoms with Crippen LogP contribution in [0, 0.1) is 10.1 Å². The van der Waals surface area contributed by atoms with Gasteiger partial charge in [0.25, 0.3) is 0 Å². The summed E-state index contributed by atoms with van der Waals surface area (Å²) in [6.07, 6.45) is 1.06. The Morgan fingerprint density at radius 1 is 1.42 bits per heavy atom. The number of aromatic nitrogens is 1. The first-order chi connectivity index (χ1) is 8.63. The number of pyridine rings is 1. The van der Waals surface area contributed by atoms with Crippen LogP contribution in [0.3, 0.4) is 0 Å². The minimum atomic E-state index is -2.06. The zero-order chi connectivity index (χ0) is 14.7. The summed E-state index contributed by atoms with van der Waals surface area (Å²) in [7, 11) is -2.06. The molecule has 0 bridgehead atoms. The van der Waals surface area contributed by atoms with Gasteiger partial charge >= 0.3 is 0 Å². The first kappa shape index (κ1) is 15.8. The van der Waals surface area contributed by atoms with Crippen LogP contribution in [0.25, 0.3) is 0 Å². The van der Waals surface area contributed by atoms with Crippen LogP contribution in [-0.2, 0) is 4.43 Å². The minimum Gasteiger partial charge on any atom is -0.402 e. The molecule has 0 aliphatic carbocycles. The standard InChI is InChI=1S/C13H22N2O3Si/c1-13(2,3)19(4,5)18-12(10-15(16)17)11-8-6-7-9-14-11/h6-9,12H,10H2,1-5H3/t12-/m1/s1. The maximum Gasteiger partial charge on any atom is 0.234 e. The highest BCUT2D eigenvalue weighted by molar-refractivity contribution is 6.74. The first-order valence-corrected chi connectivity index (χ1v) is 9.25. The maximum atomic E-state index is 10.8. The highest BCUT2D eigenvalue weighted by Gasteiger charge is 2.40. The molecule has 1 atom stereocenters. The Kier molecular flexibility index (Phi) is 4.81. The van der Waals surface area contributed by atoms with Crippen LogP contribution in [0.4, 0.5) is 0 Å². The fourth-order valence-corrected chi connectivity index (χ4v) is 2.69. The molecule has 0 amide bonds. The molecule has 0 aromatic carbocycles. The number of nitro groups is 1. The zero-order valence-corrected chi connectivity index (χ0v) is 13.2. The molecule has 1 heterocycles. The van der Waals surface area contributed by atoms with Gasteiger partial charge in [-0.15, -0.1) is 0 Å². The van der Waals surface area contributed by atoms with Crippen molar-refractivity contribution >= 4 is 8.32 Å². The lowest BCUT2D eigenvalue weighted by molar-refractivity contribution is -0.490. The van der Waals surface area contributed by atoms with E-state index in [9.17, 15) is 10.1 Å². The number of hydrogen-bond donors (Lipinski definition) is 0. The van der Waals surface area contributed by atoms with Crippen LogP contribution in [0.2, 0.25) is 18.1 Å². The smallest absolute Gasteiger partial charge is 0.234 e. The highest BCUT2D eigenvalue weighted by atomic mass is 28.4. The Morgan fingerprint density at radius 2 is 2.05 bits per heavy atom. The monoisotopic (exact) mass is 282 g/mol. The molecular weight excluding hydrogens is 260 g/mol. The van der Waals surface area contributed by atoms with Crippen molar-refractivity contribution < 1.29 is 9.35 Å². The summed E-state index contributed by atoms with van der Waals surface area (Å²) >= 11 is 0. The lowest BCUT2D eigenvalue weighted by Crippen LogP contribution is -2.43. The average molecular weight is 282 g/mol. The predicted octanol–water partition coefficient (Wildman–Crippen LogP) is 3.42. The second-order valence-corrected chi connectivity index (χ2v) is 10.9. The van der Waals surface area contributed by atoms with Crippen LogP contribution >= 0.6 is 0 Å². The van der Waals surface area contributed by atoms with Crippen molar-refractivity contribution in [2.45, 2.75) is 45.0 Å². The maximum absolute atomic E-state index is 10.8. The molecule has 0 N–H and O–H groups in total. The van der Waals surface area contributed by atoms with Crippen LogP contribution in [0.15, 0.2) is 24.4 Å². The lowest BCUT2D eigenvalue weighted by atomic mass is 10.2. The van der Waals surface area contributed by atoms with E-state index in [0.717, 1.165) is 0 Å². The van der Waals surface area contributed by atoms with Crippen molar-refractivity contribution in [1.82, 2.24) is 4.98 Å². The predicted molar refractivity (Wildman–Crippen MR) is 77.1 cm³/mol. The van der Waals surface area contributed by atoms with E-state index in [4.69, 9.17) is 4.43 Å². The lowest BCUT2D eigenvalue weighted by Gasteiger charge is -2.38. The summed E-state index contributed by atoms with van der Waals surface area (Å²) in [6.45, 7) is 10.3. The molecule has 6 heteroatoms. The molecule has 5 nitrogen and oxygen atoms in total. The van der Waals surface area contributed by atoms with E-state index < -0.39 is 14.4 Å². The Hall–Kier alpha value is -1.27. The Labute approximate surface area is 115 Å². The number of rotatable bonds is 5. The molecule has 0 saturated heterocycles. The van der Waals surface area contributed by atoms with Gasteiger partial charge in [0.2, 0.25) is 6.54 Å². The molecule has 19 heavy (non-hydrogen) atoms. The molecule has 0 saturated carbocycles. The van der Waals surface area contributed by atoms with Crippen molar-refractivity contribution in [1.29, 1.82) is 0 Å². The fourth-order valence-electron chi connectivity index (χ4n) is 1.43. The van der Waals surface area contributed by atoms with Gasteiger partial charge in [-0.25, -0.2) is 0 Å². The van der Waals surface area contributed by atoms with E-state index >= 15 is 0 Å². The Balaban J connectivity index is 2.97. The van der Waals surface area contributed by atoms with Gasteiger partial charge in [0.15, 0.2) is 14.4 Å². The van der Waals surface area contributed by atoms with E-state index in [2.05, 4.69) is 38.8 Å². The van der Waals surface area contributed by atoms with Gasteiger partial charge in [0.05, 0.1) is 5.69 Å². The van der Waals surface area contributed by atoms with E-state index in [1.165, 1.54) is 0 Å². The van der Waals surface area contributed by atoms with Gasteiger partial charge < -0.3 is 4.43 Å². The summed E-state index contributed by atoms with van der Waals surface area (Å²) < 4.78 is 6.13. The van der Waals surface area contributed by atoms with Crippen molar-refractivity contribution in [2.24, 2.45) is 0 Å². The van der Waals surface area contributed by atoms with Crippen molar-refractivity contribution in [3.05, 3.63) is 40.2 Å². The Morgan fingerprint density at radius 3 is 2.47 bits per heavy atom. The van der Waals surface area contributed by atoms with Gasteiger partial charge in [-0.3, -0.25) is 15.1 Å². The average Bonchev–Trinajstić information content (AvgIpc) is 2.27.